The van der Waals surface area contributed by atoms with Crippen molar-refractivity contribution in [1.29, 1.82) is 0 Å². The van der Waals surface area contributed by atoms with Crippen LogP contribution in [0, 0.1) is 5.92 Å². The second-order valence-corrected chi connectivity index (χ2v) is 4.60. The first-order valence-corrected chi connectivity index (χ1v) is 6.66. The summed E-state index contributed by atoms with van der Waals surface area (Å²) in [4.78, 5) is 11.7. The van der Waals surface area contributed by atoms with Crippen molar-refractivity contribution < 1.29 is 4.79 Å². The third kappa shape index (κ3) is 6.83. The molecule has 0 heterocycles. The molecule has 0 aromatic carbocycles. The third-order valence-corrected chi connectivity index (χ3v) is 3.03. The van der Waals surface area contributed by atoms with E-state index in [2.05, 4.69) is 19.2 Å². The molecule has 2 atom stereocenters. The van der Waals surface area contributed by atoms with Crippen molar-refractivity contribution in [1.82, 2.24) is 5.32 Å². The molecule has 0 saturated heterocycles. The molecule has 0 radical (unpaired) electrons. The molecule has 3 nitrogen and oxygen atoms in total. The van der Waals surface area contributed by atoms with Gasteiger partial charge in [-0.1, -0.05) is 39.5 Å². The van der Waals surface area contributed by atoms with Crippen molar-refractivity contribution in [3.05, 3.63) is 0 Å². The molecule has 96 valence electrons. The van der Waals surface area contributed by atoms with Crippen molar-refractivity contribution in [2.24, 2.45) is 11.7 Å². The maximum Gasteiger partial charge on any atom is 0.224 e. The van der Waals surface area contributed by atoms with Gasteiger partial charge in [-0.3, -0.25) is 4.79 Å². The Balaban J connectivity index is 3.68. The van der Waals surface area contributed by atoms with E-state index < -0.39 is 0 Å². The average molecular weight is 228 g/mol. The Morgan fingerprint density at radius 3 is 2.44 bits per heavy atom. The molecule has 0 spiro atoms. The zero-order valence-electron chi connectivity index (χ0n) is 11.1. The molecule has 0 aliphatic heterocycles. The fourth-order valence-corrected chi connectivity index (χ4v) is 1.77. The van der Waals surface area contributed by atoms with Crippen LogP contribution in [0.1, 0.15) is 59.3 Å². The number of hydrogen-bond acceptors (Lipinski definition) is 2. The number of nitrogens with two attached hydrogens (primary N) is 1. The monoisotopic (exact) mass is 228 g/mol. The van der Waals surface area contributed by atoms with Crippen LogP contribution < -0.4 is 11.1 Å². The fourth-order valence-electron chi connectivity index (χ4n) is 1.77. The van der Waals surface area contributed by atoms with Crippen LogP contribution in [0.5, 0.6) is 0 Å². The summed E-state index contributed by atoms with van der Waals surface area (Å²) in [5.74, 6) is 0.103. The number of rotatable bonds is 9. The largest absolute Gasteiger partial charge is 0.353 e. The van der Waals surface area contributed by atoms with Gasteiger partial charge in [-0.2, -0.15) is 0 Å². The summed E-state index contributed by atoms with van der Waals surface area (Å²) < 4.78 is 0. The maximum atomic E-state index is 11.7. The Bertz CT molecular complexity index is 179. The molecule has 0 bridgehead atoms. The second-order valence-electron chi connectivity index (χ2n) is 4.60. The first-order valence-electron chi connectivity index (χ1n) is 6.66. The first-order chi connectivity index (χ1) is 7.65. The predicted molar refractivity (Wildman–Crippen MR) is 69.2 cm³/mol. The Morgan fingerprint density at radius 2 is 1.94 bits per heavy atom. The van der Waals surface area contributed by atoms with Crippen LogP contribution in [0.3, 0.4) is 0 Å². The van der Waals surface area contributed by atoms with E-state index in [1.807, 2.05) is 6.92 Å². The molecule has 0 aromatic rings. The summed E-state index contributed by atoms with van der Waals surface area (Å²) in [6.45, 7) is 6.74. The maximum absolute atomic E-state index is 11.7. The van der Waals surface area contributed by atoms with E-state index in [1.54, 1.807) is 0 Å². The Morgan fingerprint density at radius 1 is 1.25 bits per heavy atom. The summed E-state index contributed by atoms with van der Waals surface area (Å²) in [5.41, 5.74) is 5.54. The number of unbranched alkanes of at least 4 members (excludes halogenated alkanes) is 3. The molecule has 3 heteroatoms. The van der Waals surface area contributed by atoms with Crippen molar-refractivity contribution in [2.75, 3.05) is 6.54 Å². The standard InChI is InChI=1S/C13H28N2O/c1-4-6-7-8-9-11(3)15-13(16)12(5-2)10-14/h11-12H,4-10,14H2,1-3H3,(H,15,16). The second kappa shape index (κ2) is 9.64. The summed E-state index contributed by atoms with van der Waals surface area (Å²) in [7, 11) is 0. The van der Waals surface area contributed by atoms with Gasteiger partial charge in [0.05, 0.1) is 0 Å². The molecule has 16 heavy (non-hydrogen) atoms. The number of hydrogen-bond donors (Lipinski definition) is 2. The number of carbonyl (C=O) groups is 1. The number of carbonyl (C=O) groups excluding carboxylic acids is 1. The Labute approximate surface area is 100 Å². The van der Waals surface area contributed by atoms with Crippen LogP contribution >= 0.6 is 0 Å². The summed E-state index contributed by atoms with van der Waals surface area (Å²) in [6.07, 6.45) is 6.92. The van der Waals surface area contributed by atoms with Crippen LogP contribution in [0.4, 0.5) is 0 Å². The van der Waals surface area contributed by atoms with Crippen molar-refractivity contribution >= 4 is 5.91 Å². The summed E-state index contributed by atoms with van der Waals surface area (Å²) in [5, 5.41) is 3.04. The third-order valence-electron chi connectivity index (χ3n) is 3.03. The lowest BCUT2D eigenvalue weighted by Gasteiger charge is -2.18. The molecule has 0 aliphatic carbocycles. The van der Waals surface area contributed by atoms with Gasteiger partial charge in [-0.05, 0) is 19.8 Å². The van der Waals surface area contributed by atoms with Gasteiger partial charge >= 0.3 is 0 Å². The predicted octanol–water partition coefficient (Wildman–Crippen LogP) is 2.45. The van der Waals surface area contributed by atoms with Crippen LogP contribution in [0.2, 0.25) is 0 Å². The summed E-state index contributed by atoms with van der Waals surface area (Å²) >= 11 is 0. The lowest BCUT2D eigenvalue weighted by Crippen LogP contribution is -2.39. The van der Waals surface area contributed by atoms with E-state index in [0.29, 0.717) is 6.54 Å². The first kappa shape index (κ1) is 15.4. The Hall–Kier alpha value is -0.570. The number of nitrogens with one attached hydrogen (secondary N) is 1. The van der Waals surface area contributed by atoms with Crippen molar-refractivity contribution in [3.8, 4) is 0 Å². The van der Waals surface area contributed by atoms with Gasteiger partial charge in [0.2, 0.25) is 5.91 Å². The summed E-state index contributed by atoms with van der Waals surface area (Å²) in [6, 6.07) is 0.282. The molecular weight excluding hydrogens is 200 g/mol. The van der Waals surface area contributed by atoms with Gasteiger partial charge < -0.3 is 11.1 Å². The lowest BCUT2D eigenvalue weighted by atomic mass is 10.0. The Kier molecular flexibility index (Phi) is 9.30. The molecule has 0 aromatic heterocycles. The van der Waals surface area contributed by atoms with E-state index in [1.165, 1.54) is 25.7 Å². The van der Waals surface area contributed by atoms with Crippen LogP contribution in [-0.2, 0) is 4.79 Å². The highest BCUT2D eigenvalue weighted by molar-refractivity contribution is 5.79. The highest BCUT2D eigenvalue weighted by Gasteiger charge is 2.15. The zero-order chi connectivity index (χ0) is 12.4. The highest BCUT2D eigenvalue weighted by atomic mass is 16.1. The van der Waals surface area contributed by atoms with Crippen molar-refractivity contribution in [3.63, 3.8) is 0 Å². The van der Waals surface area contributed by atoms with E-state index in [-0.39, 0.29) is 17.9 Å². The molecule has 0 aliphatic rings. The zero-order valence-corrected chi connectivity index (χ0v) is 11.1. The topological polar surface area (TPSA) is 55.1 Å². The molecular formula is C13H28N2O. The molecule has 1 amide bonds. The van der Waals surface area contributed by atoms with Crippen LogP contribution in [-0.4, -0.2) is 18.5 Å². The van der Waals surface area contributed by atoms with Gasteiger partial charge in [0.25, 0.3) is 0 Å². The van der Waals surface area contributed by atoms with Crippen LogP contribution in [0.25, 0.3) is 0 Å². The number of amides is 1. The van der Waals surface area contributed by atoms with E-state index >= 15 is 0 Å². The lowest BCUT2D eigenvalue weighted by molar-refractivity contribution is -0.125. The van der Waals surface area contributed by atoms with Gasteiger partial charge in [0.15, 0.2) is 0 Å². The minimum Gasteiger partial charge on any atom is -0.353 e. The molecule has 0 saturated carbocycles. The minimum atomic E-state index is -0.0157. The minimum absolute atomic E-state index is 0.0157. The highest BCUT2D eigenvalue weighted by Crippen LogP contribution is 2.07. The molecule has 2 unspecified atom stereocenters. The van der Waals surface area contributed by atoms with Crippen molar-refractivity contribution in [2.45, 2.75) is 65.3 Å². The van der Waals surface area contributed by atoms with E-state index in [4.69, 9.17) is 5.73 Å². The van der Waals surface area contributed by atoms with Gasteiger partial charge in [0, 0.05) is 18.5 Å². The molecule has 0 fully saturated rings. The SMILES string of the molecule is CCCCCCC(C)NC(=O)C(CC)CN. The normalized spacial score (nSPS) is 14.5. The smallest absolute Gasteiger partial charge is 0.224 e. The van der Waals surface area contributed by atoms with E-state index in [0.717, 1.165) is 12.8 Å². The average Bonchev–Trinajstić information content (AvgIpc) is 2.26. The molecule has 0 rings (SSSR count). The quantitative estimate of drug-likeness (QED) is 0.596. The van der Waals surface area contributed by atoms with Crippen LogP contribution in [0.15, 0.2) is 0 Å². The van der Waals surface area contributed by atoms with Gasteiger partial charge in [-0.25, -0.2) is 0 Å². The fraction of sp³-hybridized carbons (Fsp3) is 0.923. The van der Waals surface area contributed by atoms with Gasteiger partial charge in [-0.15, -0.1) is 0 Å². The van der Waals surface area contributed by atoms with E-state index in [9.17, 15) is 4.79 Å². The molecule has 3 N–H and O–H groups in total. The van der Waals surface area contributed by atoms with Gasteiger partial charge in [0.1, 0.15) is 0 Å².